The van der Waals surface area contributed by atoms with Crippen LogP contribution in [0, 0.1) is 5.92 Å². The van der Waals surface area contributed by atoms with Crippen LogP contribution in [0.3, 0.4) is 0 Å². The molecule has 0 amide bonds. The number of rotatable bonds is 3. The normalized spacial score (nSPS) is 10.9. The molecule has 0 aliphatic carbocycles. The molecular weight excluding hydrogens is 204 g/mol. The Bertz CT molecular complexity index is 511. The van der Waals surface area contributed by atoms with Gasteiger partial charge >= 0.3 is 5.76 Å². The lowest BCUT2D eigenvalue weighted by atomic mass is 10.2. The van der Waals surface area contributed by atoms with Crippen molar-refractivity contribution in [3.05, 3.63) is 40.9 Å². The van der Waals surface area contributed by atoms with E-state index >= 15 is 0 Å². The van der Waals surface area contributed by atoms with E-state index < -0.39 is 5.76 Å². The van der Waals surface area contributed by atoms with E-state index in [4.69, 9.17) is 4.52 Å². The molecule has 2 aromatic rings. The molecule has 0 N–H and O–H groups in total. The maximum Gasteiger partial charge on any atom is 0.441 e. The van der Waals surface area contributed by atoms with Crippen LogP contribution in [0.15, 0.2) is 39.6 Å². The second kappa shape index (κ2) is 4.35. The van der Waals surface area contributed by atoms with E-state index in [2.05, 4.69) is 5.16 Å². The van der Waals surface area contributed by atoms with Crippen molar-refractivity contribution < 1.29 is 4.52 Å². The predicted molar refractivity (Wildman–Crippen MR) is 61.0 cm³/mol. The van der Waals surface area contributed by atoms with Gasteiger partial charge in [0.2, 0.25) is 0 Å². The van der Waals surface area contributed by atoms with Crippen molar-refractivity contribution in [2.45, 2.75) is 20.4 Å². The first-order valence-corrected chi connectivity index (χ1v) is 5.30. The van der Waals surface area contributed by atoms with Gasteiger partial charge in [-0.15, -0.1) is 0 Å². The van der Waals surface area contributed by atoms with Crippen LogP contribution < -0.4 is 5.76 Å². The Morgan fingerprint density at radius 1 is 1.31 bits per heavy atom. The molecule has 1 aromatic heterocycles. The molecule has 0 aliphatic rings. The molecule has 1 heterocycles. The highest BCUT2D eigenvalue weighted by Gasteiger charge is 2.12. The molecule has 0 unspecified atom stereocenters. The second-order valence-corrected chi connectivity index (χ2v) is 4.14. The van der Waals surface area contributed by atoms with Crippen LogP contribution in [0.4, 0.5) is 0 Å². The minimum atomic E-state index is -0.396. The van der Waals surface area contributed by atoms with E-state index in [1.807, 2.05) is 44.2 Å². The molecule has 84 valence electrons. The molecule has 2 rings (SSSR count). The van der Waals surface area contributed by atoms with Gasteiger partial charge in [0, 0.05) is 12.1 Å². The Labute approximate surface area is 93.5 Å². The maximum atomic E-state index is 11.5. The number of nitrogens with zero attached hydrogens (tertiary/aromatic N) is 2. The summed E-state index contributed by atoms with van der Waals surface area (Å²) in [6, 6.07) is 9.57. The molecule has 0 bridgehead atoms. The predicted octanol–water partition coefficient (Wildman–Crippen LogP) is 2.16. The van der Waals surface area contributed by atoms with Crippen LogP contribution in [0.1, 0.15) is 13.8 Å². The standard InChI is InChI=1S/C12H14N2O2/c1-9(2)8-14-11(13-16-12(14)15)10-6-4-3-5-7-10/h3-7,9H,8H2,1-2H3. The van der Waals surface area contributed by atoms with Gasteiger partial charge in [0.25, 0.3) is 0 Å². The highest BCUT2D eigenvalue weighted by molar-refractivity contribution is 5.54. The van der Waals surface area contributed by atoms with Gasteiger partial charge in [-0.1, -0.05) is 49.3 Å². The summed E-state index contributed by atoms with van der Waals surface area (Å²) in [6.45, 7) is 4.72. The van der Waals surface area contributed by atoms with Gasteiger partial charge < -0.3 is 0 Å². The lowest BCUT2D eigenvalue weighted by molar-refractivity contribution is 0.369. The zero-order chi connectivity index (χ0) is 11.5. The van der Waals surface area contributed by atoms with Gasteiger partial charge in [-0.3, -0.25) is 9.09 Å². The van der Waals surface area contributed by atoms with Gasteiger partial charge in [-0.2, -0.15) is 0 Å². The Kier molecular flexibility index (Phi) is 2.90. The third kappa shape index (κ3) is 2.05. The third-order valence-corrected chi connectivity index (χ3v) is 2.27. The summed E-state index contributed by atoms with van der Waals surface area (Å²) in [5.41, 5.74) is 0.897. The highest BCUT2D eigenvalue weighted by atomic mass is 16.5. The minimum Gasteiger partial charge on any atom is -0.295 e. The first kappa shape index (κ1) is 10.7. The number of benzene rings is 1. The van der Waals surface area contributed by atoms with Crippen molar-refractivity contribution in [2.24, 2.45) is 5.92 Å². The summed E-state index contributed by atoms with van der Waals surface area (Å²) in [7, 11) is 0. The van der Waals surface area contributed by atoms with Crippen LogP contribution in [0.2, 0.25) is 0 Å². The van der Waals surface area contributed by atoms with Crippen LogP contribution >= 0.6 is 0 Å². The number of hydrogen-bond donors (Lipinski definition) is 0. The molecule has 4 heteroatoms. The van der Waals surface area contributed by atoms with Gasteiger partial charge in [-0.25, -0.2) is 4.79 Å². The summed E-state index contributed by atoms with van der Waals surface area (Å²) < 4.78 is 6.28. The Balaban J connectivity index is 2.46. The second-order valence-electron chi connectivity index (χ2n) is 4.14. The minimum absolute atomic E-state index is 0.375. The van der Waals surface area contributed by atoms with Crippen molar-refractivity contribution in [1.82, 2.24) is 9.72 Å². The van der Waals surface area contributed by atoms with Crippen LogP contribution in [-0.4, -0.2) is 9.72 Å². The zero-order valence-electron chi connectivity index (χ0n) is 9.38. The molecule has 0 aliphatic heterocycles. The largest absolute Gasteiger partial charge is 0.441 e. The molecule has 16 heavy (non-hydrogen) atoms. The molecule has 0 radical (unpaired) electrons. The van der Waals surface area contributed by atoms with Crippen LogP contribution in [-0.2, 0) is 6.54 Å². The lowest BCUT2D eigenvalue weighted by Crippen LogP contribution is -2.18. The van der Waals surface area contributed by atoms with E-state index in [1.165, 1.54) is 0 Å². The van der Waals surface area contributed by atoms with Crippen molar-refractivity contribution in [3.63, 3.8) is 0 Å². The van der Waals surface area contributed by atoms with Crippen molar-refractivity contribution >= 4 is 0 Å². The maximum absolute atomic E-state index is 11.5. The third-order valence-electron chi connectivity index (χ3n) is 2.27. The molecule has 0 saturated carbocycles. The fraction of sp³-hybridized carbons (Fsp3) is 0.333. The van der Waals surface area contributed by atoms with Crippen molar-refractivity contribution in [3.8, 4) is 11.4 Å². The Hall–Kier alpha value is -1.84. The quantitative estimate of drug-likeness (QED) is 0.793. The summed E-state index contributed by atoms with van der Waals surface area (Å²) in [5, 5.41) is 3.81. The lowest BCUT2D eigenvalue weighted by Gasteiger charge is -2.06. The molecule has 0 fully saturated rings. The fourth-order valence-corrected chi connectivity index (χ4v) is 1.59. The molecule has 0 spiro atoms. The Morgan fingerprint density at radius 2 is 2.00 bits per heavy atom. The highest BCUT2D eigenvalue weighted by Crippen LogP contribution is 2.15. The number of aromatic nitrogens is 2. The first-order chi connectivity index (χ1) is 7.68. The van der Waals surface area contributed by atoms with Gasteiger partial charge in [0.05, 0.1) is 0 Å². The molecule has 0 atom stereocenters. The molecular formula is C12H14N2O2. The van der Waals surface area contributed by atoms with Gasteiger partial charge in [0.15, 0.2) is 5.82 Å². The molecule has 1 aromatic carbocycles. The zero-order valence-corrected chi connectivity index (χ0v) is 9.38. The SMILES string of the molecule is CC(C)Cn1c(-c2ccccc2)noc1=O. The van der Waals surface area contributed by atoms with Gasteiger partial charge in [0.1, 0.15) is 0 Å². The average molecular weight is 218 g/mol. The summed E-state index contributed by atoms with van der Waals surface area (Å²) in [5.74, 6) is 0.575. The Morgan fingerprint density at radius 3 is 2.62 bits per heavy atom. The monoisotopic (exact) mass is 218 g/mol. The molecule has 0 saturated heterocycles. The summed E-state index contributed by atoms with van der Waals surface area (Å²) in [6.07, 6.45) is 0. The topological polar surface area (TPSA) is 48.0 Å². The van der Waals surface area contributed by atoms with E-state index in [0.29, 0.717) is 18.3 Å². The van der Waals surface area contributed by atoms with E-state index in [0.717, 1.165) is 5.56 Å². The fourth-order valence-electron chi connectivity index (χ4n) is 1.59. The van der Waals surface area contributed by atoms with E-state index in [1.54, 1.807) is 4.57 Å². The van der Waals surface area contributed by atoms with E-state index in [9.17, 15) is 4.79 Å². The van der Waals surface area contributed by atoms with E-state index in [-0.39, 0.29) is 0 Å². The summed E-state index contributed by atoms with van der Waals surface area (Å²) >= 11 is 0. The van der Waals surface area contributed by atoms with Crippen molar-refractivity contribution in [2.75, 3.05) is 0 Å². The van der Waals surface area contributed by atoms with Crippen LogP contribution in [0.5, 0.6) is 0 Å². The average Bonchev–Trinajstić information content (AvgIpc) is 2.61. The first-order valence-electron chi connectivity index (χ1n) is 5.30. The number of hydrogen-bond acceptors (Lipinski definition) is 3. The van der Waals surface area contributed by atoms with Crippen LogP contribution in [0.25, 0.3) is 11.4 Å². The smallest absolute Gasteiger partial charge is 0.295 e. The summed E-state index contributed by atoms with van der Waals surface area (Å²) in [4.78, 5) is 11.5. The van der Waals surface area contributed by atoms with Crippen molar-refractivity contribution in [1.29, 1.82) is 0 Å². The molecule has 4 nitrogen and oxygen atoms in total. The van der Waals surface area contributed by atoms with Gasteiger partial charge in [-0.05, 0) is 5.92 Å².